The number of hydrogen-bond acceptors (Lipinski definition) is 5. The molecule has 0 bridgehead atoms. The van der Waals surface area contributed by atoms with Crippen LogP contribution >= 0.6 is 23.2 Å². The molecule has 2 aliphatic rings. The fourth-order valence-corrected chi connectivity index (χ4v) is 3.15. The molecule has 0 spiro atoms. The second-order valence-electron chi connectivity index (χ2n) is 6.64. The minimum atomic E-state index is -0.583. The number of amides is 2. The van der Waals surface area contributed by atoms with E-state index < -0.39 is 6.04 Å². The van der Waals surface area contributed by atoms with Gasteiger partial charge in [0.25, 0.3) is 0 Å². The standard InChI is InChI=1S/C18H21Cl2N3O4/c1-26-10-17(24)23-8-13(7-16(23)18(25)21-12-3-4-12)22-27-9-11-2-5-14(19)15(20)6-11/h2,5-6,12,16H,3-4,7-10H2,1H3,(H,21,25)/b22-13+. The molecule has 1 aliphatic carbocycles. The van der Waals surface area contributed by atoms with E-state index in [0.717, 1.165) is 18.4 Å². The van der Waals surface area contributed by atoms with Crippen molar-refractivity contribution in [2.45, 2.75) is 38.0 Å². The number of nitrogens with one attached hydrogen (secondary N) is 1. The summed E-state index contributed by atoms with van der Waals surface area (Å²) in [5.41, 5.74) is 1.46. The Hall–Kier alpha value is -1.83. The van der Waals surface area contributed by atoms with Crippen LogP contribution < -0.4 is 5.32 Å². The van der Waals surface area contributed by atoms with Crippen molar-refractivity contribution in [1.29, 1.82) is 0 Å². The van der Waals surface area contributed by atoms with Gasteiger partial charge in [-0.15, -0.1) is 0 Å². The van der Waals surface area contributed by atoms with Crippen LogP contribution in [0.2, 0.25) is 10.0 Å². The van der Waals surface area contributed by atoms with Crippen LogP contribution in [0.1, 0.15) is 24.8 Å². The van der Waals surface area contributed by atoms with E-state index in [-0.39, 0.29) is 37.6 Å². The highest BCUT2D eigenvalue weighted by Gasteiger charge is 2.39. The Morgan fingerprint density at radius 1 is 1.30 bits per heavy atom. The van der Waals surface area contributed by atoms with E-state index >= 15 is 0 Å². The number of rotatable bonds is 7. The van der Waals surface area contributed by atoms with Crippen LogP contribution in [-0.4, -0.2) is 54.8 Å². The number of likely N-dealkylation sites (tertiary alicyclic amines) is 1. The number of benzene rings is 1. The van der Waals surface area contributed by atoms with Gasteiger partial charge < -0.3 is 19.8 Å². The molecule has 1 N–H and O–H groups in total. The molecule has 2 fully saturated rings. The van der Waals surface area contributed by atoms with Crippen LogP contribution in [-0.2, 0) is 25.8 Å². The lowest BCUT2D eigenvalue weighted by molar-refractivity contribution is -0.141. The van der Waals surface area contributed by atoms with Crippen LogP contribution in [0.5, 0.6) is 0 Å². The van der Waals surface area contributed by atoms with Crippen LogP contribution in [0.3, 0.4) is 0 Å². The Kier molecular flexibility index (Phi) is 6.57. The zero-order valence-corrected chi connectivity index (χ0v) is 16.4. The Bertz CT molecular complexity index is 752. The molecule has 1 aliphatic heterocycles. The van der Waals surface area contributed by atoms with E-state index in [4.69, 9.17) is 32.8 Å². The zero-order chi connectivity index (χ0) is 19.4. The predicted octanol–water partition coefficient (Wildman–Crippen LogP) is 2.39. The molecule has 1 heterocycles. The maximum Gasteiger partial charge on any atom is 0.249 e. The molecule has 0 aromatic heterocycles. The molecule has 0 radical (unpaired) electrons. The van der Waals surface area contributed by atoms with E-state index in [1.165, 1.54) is 12.0 Å². The molecule has 1 saturated carbocycles. The minimum Gasteiger partial charge on any atom is -0.391 e. The lowest BCUT2D eigenvalue weighted by Crippen LogP contribution is -2.47. The number of hydrogen-bond donors (Lipinski definition) is 1. The average Bonchev–Trinajstić information content (AvgIpc) is 3.34. The van der Waals surface area contributed by atoms with Crippen molar-refractivity contribution in [3.05, 3.63) is 33.8 Å². The van der Waals surface area contributed by atoms with E-state index in [2.05, 4.69) is 10.5 Å². The lowest BCUT2D eigenvalue weighted by Gasteiger charge is -2.22. The first-order valence-electron chi connectivity index (χ1n) is 8.68. The summed E-state index contributed by atoms with van der Waals surface area (Å²) in [5.74, 6) is -0.403. The summed E-state index contributed by atoms with van der Waals surface area (Å²) in [4.78, 5) is 31.6. The molecule has 3 rings (SSSR count). The molecule has 1 unspecified atom stereocenters. The van der Waals surface area contributed by atoms with Crippen molar-refractivity contribution in [2.75, 3.05) is 20.3 Å². The predicted molar refractivity (Wildman–Crippen MR) is 102 cm³/mol. The topological polar surface area (TPSA) is 80.2 Å². The summed E-state index contributed by atoms with van der Waals surface area (Å²) >= 11 is 11.9. The second-order valence-corrected chi connectivity index (χ2v) is 7.45. The molecule has 27 heavy (non-hydrogen) atoms. The summed E-state index contributed by atoms with van der Waals surface area (Å²) in [5, 5.41) is 7.97. The van der Waals surface area contributed by atoms with Crippen molar-refractivity contribution in [1.82, 2.24) is 10.2 Å². The number of carbonyl (C=O) groups excluding carboxylic acids is 2. The van der Waals surface area contributed by atoms with Gasteiger partial charge >= 0.3 is 0 Å². The van der Waals surface area contributed by atoms with Crippen molar-refractivity contribution in [3.63, 3.8) is 0 Å². The van der Waals surface area contributed by atoms with Gasteiger partial charge in [-0.25, -0.2) is 0 Å². The van der Waals surface area contributed by atoms with Gasteiger partial charge in [0.15, 0.2) is 0 Å². The van der Waals surface area contributed by atoms with E-state index in [1.54, 1.807) is 18.2 Å². The third-order valence-corrected chi connectivity index (χ3v) is 5.12. The van der Waals surface area contributed by atoms with Crippen molar-refractivity contribution < 1.29 is 19.2 Å². The summed E-state index contributed by atoms with van der Waals surface area (Å²) in [6.45, 7) is 0.377. The summed E-state index contributed by atoms with van der Waals surface area (Å²) in [6.07, 6.45) is 2.31. The maximum absolute atomic E-state index is 12.5. The molecule has 1 saturated heterocycles. The Labute approximate surface area is 167 Å². The fourth-order valence-electron chi connectivity index (χ4n) is 2.83. The third-order valence-electron chi connectivity index (χ3n) is 4.38. The normalized spacial score (nSPS) is 20.8. The Morgan fingerprint density at radius 2 is 2.07 bits per heavy atom. The molecule has 7 nitrogen and oxygen atoms in total. The first-order chi connectivity index (χ1) is 13.0. The van der Waals surface area contributed by atoms with Crippen LogP contribution in [0.4, 0.5) is 0 Å². The smallest absolute Gasteiger partial charge is 0.249 e. The highest BCUT2D eigenvalue weighted by atomic mass is 35.5. The van der Waals surface area contributed by atoms with E-state index in [0.29, 0.717) is 22.2 Å². The number of nitrogens with zero attached hydrogens (tertiary/aromatic N) is 2. The molecule has 1 aromatic rings. The summed E-state index contributed by atoms with van der Waals surface area (Å²) < 4.78 is 4.92. The molecule has 1 atom stereocenters. The molecular formula is C18H21Cl2N3O4. The van der Waals surface area contributed by atoms with Crippen molar-refractivity contribution >= 4 is 40.7 Å². The van der Waals surface area contributed by atoms with Crippen LogP contribution in [0.15, 0.2) is 23.4 Å². The second kappa shape index (κ2) is 8.91. The first-order valence-corrected chi connectivity index (χ1v) is 9.44. The molecule has 2 amide bonds. The molecule has 1 aromatic carbocycles. The van der Waals surface area contributed by atoms with Gasteiger partial charge in [0.2, 0.25) is 11.8 Å². The number of halogens is 2. The monoisotopic (exact) mass is 413 g/mol. The zero-order valence-electron chi connectivity index (χ0n) is 14.9. The van der Waals surface area contributed by atoms with Crippen LogP contribution in [0, 0.1) is 0 Å². The first kappa shape index (κ1) is 19.9. The fraction of sp³-hybridized carbons (Fsp3) is 0.500. The van der Waals surface area contributed by atoms with Crippen LogP contribution in [0.25, 0.3) is 0 Å². The van der Waals surface area contributed by atoms with Gasteiger partial charge in [0.05, 0.1) is 22.3 Å². The Balaban J connectivity index is 1.62. The summed E-state index contributed by atoms with van der Waals surface area (Å²) in [6, 6.07) is 4.83. The molecule has 9 heteroatoms. The van der Waals surface area contributed by atoms with Gasteiger partial charge in [-0.3, -0.25) is 9.59 Å². The lowest BCUT2D eigenvalue weighted by atomic mass is 10.2. The number of carbonyl (C=O) groups is 2. The number of methoxy groups -OCH3 is 1. The van der Waals surface area contributed by atoms with E-state index in [1.807, 2.05) is 0 Å². The van der Waals surface area contributed by atoms with E-state index in [9.17, 15) is 9.59 Å². The largest absolute Gasteiger partial charge is 0.391 e. The minimum absolute atomic E-state index is 0.0788. The highest BCUT2D eigenvalue weighted by Crippen LogP contribution is 2.24. The number of oxime groups is 1. The van der Waals surface area contributed by atoms with Gasteiger partial charge in [-0.1, -0.05) is 34.4 Å². The molecular weight excluding hydrogens is 393 g/mol. The Morgan fingerprint density at radius 3 is 2.74 bits per heavy atom. The number of ether oxygens (including phenoxy) is 1. The van der Waals surface area contributed by atoms with Crippen molar-refractivity contribution in [3.8, 4) is 0 Å². The average molecular weight is 414 g/mol. The quantitative estimate of drug-likeness (QED) is 0.695. The van der Waals surface area contributed by atoms with Crippen molar-refractivity contribution in [2.24, 2.45) is 5.16 Å². The molecule has 146 valence electrons. The maximum atomic E-state index is 12.5. The van der Waals surface area contributed by atoms with Gasteiger partial charge in [-0.05, 0) is 30.5 Å². The van der Waals surface area contributed by atoms with Gasteiger partial charge in [-0.2, -0.15) is 0 Å². The summed E-state index contributed by atoms with van der Waals surface area (Å²) in [7, 11) is 1.45. The van der Waals surface area contributed by atoms with Gasteiger partial charge in [0.1, 0.15) is 19.3 Å². The highest BCUT2D eigenvalue weighted by molar-refractivity contribution is 6.42. The van der Waals surface area contributed by atoms with Gasteiger partial charge in [0, 0.05) is 19.6 Å². The third kappa shape index (κ3) is 5.34. The SMILES string of the molecule is COCC(=O)N1C/C(=N/OCc2ccc(Cl)c(Cl)c2)CC1C(=O)NC1CC1.